The van der Waals surface area contributed by atoms with Gasteiger partial charge in [-0.3, -0.25) is 14.2 Å². The second-order valence-electron chi connectivity index (χ2n) is 7.87. The summed E-state index contributed by atoms with van der Waals surface area (Å²) in [5.74, 6) is -0.916. The zero-order chi connectivity index (χ0) is 28.5. The van der Waals surface area contributed by atoms with Gasteiger partial charge in [0.25, 0.3) is 11.8 Å². The lowest BCUT2D eigenvalue weighted by Gasteiger charge is -2.17. The van der Waals surface area contributed by atoms with Crippen LogP contribution in [0.2, 0.25) is 5.02 Å². The number of nitrogens with zero attached hydrogens (tertiary/aromatic N) is 2. The molecular formula is C25H13Br4ClF3N3O3. The Bertz CT molecular complexity index is 1580. The van der Waals surface area contributed by atoms with E-state index in [0.717, 1.165) is 12.1 Å². The maximum Gasteiger partial charge on any atom is 0.416 e. The van der Waals surface area contributed by atoms with Crippen molar-refractivity contribution < 1.29 is 27.5 Å². The summed E-state index contributed by atoms with van der Waals surface area (Å²) in [6.45, 7) is -0.150. The molecule has 1 heterocycles. The quantitative estimate of drug-likeness (QED) is 0.156. The summed E-state index contributed by atoms with van der Waals surface area (Å²) in [6, 6.07) is 9.19. The molecule has 0 unspecified atom stereocenters. The molecule has 0 saturated heterocycles. The molecule has 1 amide bonds. The van der Waals surface area contributed by atoms with Gasteiger partial charge in [-0.05, 0) is 99.6 Å². The number of hydrogen-bond donors (Lipinski definition) is 1. The molecule has 1 N–H and O–H groups in total. The number of carbonyl (C=O) groups is 2. The number of imidazole rings is 1. The van der Waals surface area contributed by atoms with Gasteiger partial charge in [0.15, 0.2) is 0 Å². The number of anilines is 1. The summed E-state index contributed by atoms with van der Waals surface area (Å²) in [5.41, 5.74) is -0.0728. The number of halogens is 8. The van der Waals surface area contributed by atoms with Crippen molar-refractivity contribution in [1.29, 1.82) is 0 Å². The molecule has 4 rings (SSSR count). The van der Waals surface area contributed by atoms with E-state index in [1.54, 1.807) is 0 Å². The summed E-state index contributed by atoms with van der Waals surface area (Å²) >= 11 is 19.9. The predicted molar refractivity (Wildman–Crippen MR) is 154 cm³/mol. The second kappa shape index (κ2) is 12.1. The standard InChI is InChI=1S/C25H13Br4ClF3N3O3/c26-19-17(18(20(27)22(29)21(19)28)24(38)36-7-6-34-11-36)23(37)35-14-4-5-16(15(30)9-14)39-10-12-2-1-3-13(8-12)25(31,32)33/h1-9,11H,10H2,(H,35,37). The number of hydrogen-bond acceptors (Lipinski definition) is 4. The maximum absolute atomic E-state index is 13.4. The van der Waals surface area contributed by atoms with Crippen LogP contribution in [0, 0.1) is 0 Å². The molecule has 0 bridgehead atoms. The maximum atomic E-state index is 13.4. The molecule has 14 heteroatoms. The zero-order valence-electron chi connectivity index (χ0n) is 19.1. The molecule has 0 saturated carbocycles. The number of amides is 1. The first-order valence-corrected chi connectivity index (χ1v) is 14.2. The van der Waals surface area contributed by atoms with Gasteiger partial charge in [0.05, 0.1) is 21.7 Å². The van der Waals surface area contributed by atoms with Crippen LogP contribution in [-0.4, -0.2) is 21.4 Å². The molecule has 3 aromatic carbocycles. The molecule has 0 spiro atoms. The summed E-state index contributed by atoms with van der Waals surface area (Å²) in [4.78, 5) is 30.6. The third-order valence-corrected chi connectivity index (χ3v) is 10.3. The highest BCUT2D eigenvalue weighted by molar-refractivity contribution is 9.15. The molecule has 4 aromatic rings. The van der Waals surface area contributed by atoms with E-state index in [9.17, 15) is 22.8 Å². The van der Waals surface area contributed by atoms with Gasteiger partial charge in [0, 0.05) is 36.0 Å². The average molecular weight is 815 g/mol. The number of rotatable bonds is 6. The van der Waals surface area contributed by atoms with Crippen molar-refractivity contribution in [2.45, 2.75) is 12.8 Å². The largest absolute Gasteiger partial charge is 0.487 e. The second-order valence-corrected chi connectivity index (χ2v) is 11.4. The Labute approximate surface area is 258 Å². The van der Waals surface area contributed by atoms with Crippen molar-refractivity contribution in [3.63, 3.8) is 0 Å². The van der Waals surface area contributed by atoms with Crippen molar-refractivity contribution in [1.82, 2.24) is 9.55 Å². The fourth-order valence-electron chi connectivity index (χ4n) is 3.44. The molecular weight excluding hydrogens is 802 g/mol. The lowest BCUT2D eigenvalue weighted by atomic mass is 10.1. The summed E-state index contributed by atoms with van der Waals surface area (Å²) in [6.07, 6.45) is -0.255. The third-order valence-electron chi connectivity index (χ3n) is 5.29. The molecule has 6 nitrogen and oxygen atoms in total. The van der Waals surface area contributed by atoms with E-state index >= 15 is 0 Å². The highest BCUT2D eigenvalue weighted by Crippen LogP contribution is 2.43. The van der Waals surface area contributed by atoms with Crippen molar-refractivity contribution in [2.75, 3.05) is 5.32 Å². The summed E-state index contributed by atoms with van der Waals surface area (Å²) < 4.78 is 47.4. The Kier molecular flexibility index (Phi) is 9.26. The number of alkyl halides is 3. The van der Waals surface area contributed by atoms with Crippen molar-refractivity contribution in [2.24, 2.45) is 0 Å². The molecule has 0 atom stereocenters. The lowest BCUT2D eigenvalue weighted by Crippen LogP contribution is -2.21. The van der Waals surface area contributed by atoms with Gasteiger partial charge in [0.2, 0.25) is 0 Å². The Hall–Kier alpha value is -2.19. The van der Waals surface area contributed by atoms with Gasteiger partial charge in [-0.2, -0.15) is 13.2 Å². The van der Waals surface area contributed by atoms with E-state index < -0.39 is 23.6 Å². The molecule has 0 aliphatic heterocycles. The van der Waals surface area contributed by atoms with E-state index in [-0.39, 0.29) is 28.5 Å². The summed E-state index contributed by atoms with van der Waals surface area (Å²) in [7, 11) is 0. The number of aromatic nitrogens is 2. The van der Waals surface area contributed by atoms with Crippen LogP contribution in [0.5, 0.6) is 5.75 Å². The topological polar surface area (TPSA) is 73.2 Å². The Balaban J connectivity index is 1.57. The minimum Gasteiger partial charge on any atom is -0.487 e. The molecule has 202 valence electrons. The molecule has 0 fully saturated rings. The predicted octanol–water partition coefficient (Wildman–Crippen LogP) is 9.13. The van der Waals surface area contributed by atoms with Gasteiger partial charge < -0.3 is 10.1 Å². The summed E-state index contributed by atoms with van der Waals surface area (Å²) in [5, 5.41) is 2.83. The highest BCUT2D eigenvalue weighted by atomic mass is 79.9. The van der Waals surface area contributed by atoms with Gasteiger partial charge in [-0.15, -0.1) is 0 Å². The van der Waals surface area contributed by atoms with Crippen LogP contribution in [0.1, 0.15) is 31.8 Å². The fourth-order valence-corrected chi connectivity index (χ4v) is 6.14. The first-order valence-electron chi connectivity index (χ1n) is 10.7. The van der Waals surface area contributed by atoms with Gasteiger partial charge in [-0.25, -0.2) is 4.98 Å². The van der Waals surface area contributed by atoms with E-state index in [1.807, 2.05) is 0 Å². The lowest BCUT2D eigenvalue weighted by molar-refractivity contribution is -0.137. The van der Waals surface area contributed by atoms with Crippen LogP contribution < -0.4 is 10.1 Å². The minimum absolute atomic E-state index is 0.0386. The number of ether oxygens (including phenoxy) is 1. The van der Waals surface area contributed by atoms with Crippen LogP contribution in [-0.2, 0) is 12.8 Å². The van der Waals surface area contributed by atoms with E-state index in [4.69, 9.17) is 16.3 Å². The third kappa shape index (κ3) is 6.59. The smallest absolute Gasteiger partial charge is 0.416 e. The van der Waals surface area contributed by atoms with E-state index in [0.29, 0.717) is 29.1 Å². The number of nitrogens with one attached hydrogen (secondary N) is 1. The highest BCUT2D eigenvalue weighted by Gasteiger charge is 2.31. The molecule has 39 heavy (non-hydrogen) atoms. The van der Waals surface area contributed by atoms with Gasteiger partial charge in [-0.1, -0.05) is 23.7 Å². The monoisotopic (exact) mass is 811 g/mol. The van der Waals surface area contributed by atoms with Crippen LogP contribution in [0.4, 0.5) is 18.9 Å². The van der Waals surface area contributed by atoms with Gasteiger partial charge in [0.1, 0.15) is 18.7 Å². The average Bonchev–Trinajstić information content (AvgIpc) is 3.43. The Morgan fingerprint density at radius 3 is 2.28 bits per heavy atom. The van der Waals surface area contributed by atoms with Crippen LogP contribution in [0.15, 0.2) is 79.1 Å². The van der Waals surface area contributed by atoms with Crippen LogP contribution in [0.25, 0.3) is 0 Å². The van der Waals surface area contributed by atoms with Crippen molar-refractivity contribution in [3.05, 3.63) is 106 Å². The molecule has 0 radical (unpaired) electrons. The van der Waals surface area contributed by atoms with E-state index in [1.165, 1.54) is 53.6 Å². The van der Waals surface area contributed by atoms with E-state index in [2.05, 4.69) is 74.0 Å². The normalized spacial score (nSPS) is 11.4. The zero-order valence-corrected chi connectivity index (χ0v) is 26.2. The molecule has 1 aromatic heterocycles. The minimum atomic E-state index is -4.47. The fraction of sp³-hybridized carbons (Fsp3) is 0.0800. The van der Waals surface area contributed by atoms with Gasteiger partial charge >= 0.3 is 6.18 Å². The van der Waals surface area contributed by atoms with Crippen molar-refractivity contribution >= 4 is 92.8 Å². The Morgan fingerprint density at radius 2 is 1.67 bits per heavy atom. The Morgan fingerprint density at radius 1 is 0.974 bits per heavy atom. The SMILES string of the molecule is O=C(Nc1ccc(OCc2cccc(C(F)(F)F)c2)c(Cl)c1)c1c(Br)c(Br)c(Br)c(Br)c1C(=O)n1ccnc1. The van der Waals surface area contributed by atoms with Crippen LogP contribution >= 0.6 is 75.3 Å². The molecule has 0 aliphatic rings. The molecule has 0 aliphatic carbocycles. The first kappa shape index (κ1) is 29.8. The first-order chi connectivity index (χ1) is 18.4. The van der Waals surface area contributed by atoms with Crippen LogP contribution in [0.3, 0.4) is 0 Å². The van der Waals surface area contributed by atoms with Crippen molar-refractivity contribution in [3.8, 4) is 5.75 Å². The number of benzene rings is 3. The number of carbonyl (C=O) groups excluding carboxylic acids is 2.